The van der Waals surface area contributed by atoms with Crippen molar-refractivity contribution < 1.29 is 4.79 Å². The molecule has 1 aliphatic heterocycles. The number of hydrogen-bond acceptors (Lipinski definition) is 3. The lowest BCUT2D eigenvalue weighted by Gasteiger charge is -2.27. The van der Waals surface area contributed by atoms with E-state index in [1.165, 1.54) is 49.0 Å². The van der Waals surface area contributed by atoms with Gasteiger partial charge in [-0.3, -0.25) is 14.4 Å². The van der Waals surface area contributed by atoms with E-state index in [0.717, 1.165) is 12.1 Å². The van der Waals surface area contributed by atoms with Gasteiger partial charge in [0.25, 0.3) is 0 Å². The minimum atomic E-state index is -0.0939. The maximum Gasteiger partial charge on any atom is 0.244 e. The molecule has 160 valence electrons. The molecule has 0 unspecified atom stereocenters. The van der Waals surface area contributed by atoms with E-state index in [2.05, 4.69) is 45.6 Å². The first-order valence-corrected chi connectivity index (χ1v) is 11.1. The normalized spacial score (nSPS) is 14.7. The number of hydrogen-bond donors (Lipinski definition) is 1. The molecule has 0 radical (unpaired) electrons. The van der Waals surface area contributed by atoms with Crippen LogP contribution < -0.4 is 5.32 Å². The van der Waals surface area contributed by atoms with Gasteiger partial charge in [-0.25, -0.2) is 0 Å². The minimum absolute atomic E-state index is 0.0939. The molecule has 3 aromatic rings. The molecule has 5 nitrogen and oxygen atoms in total. The second kappa shape index (κ2) is 10.7. The average Bonchev–Trinajstić information content (AvgIpc) is 3.26. The predicted molar refractivity (Wildman–Crippen MR) is 124 cm³/mol. The van der Waals surface area contributed by atoms with E-state index >= 15 is 0 Å². The van der Waals surface area contributed by atoms with Crippen LogP contribution in [0.5, 0.6) is 0 Å². The van der Waals surface area contributed by atoms with Gasteiger partial charge in [-0.1, -0.05) is 61.0 Å². The van der Waals surface area contributed by atoms with E-state index in [1.54, 1.807) is 12.3 Å². The van der Waals surface area contributed by atoms with Crippen LogP contribution in [-0.2, 0) is 24.4 Å². The molecular weight excluding hydrogens is 384 g/mol. The van der Waals surface area contributed by atoms with Crippen molar-refractivity contribution in [3.63, 3.8) is 0 Å². The lowest BCUT2D eigenvalue weighted by molar-refractivity contribution is -0.116. The van der Waals surface area contributed by atoms with Gasteiger partial charge in [0.05, 0.1) is 12.7 Å². The molecule has 4 rings (SSSR count). The van der Waals surface area contributed by atoms with E-state index in [-0.39, 0.29) is 5.91 Å². The van der Waals surface area contributed by atoms with Crippen LogP contribution in [0.2, 0.25) is 0 Å². The monoisotopic (exact) mass is 414 g/mol. The highest BCUT2D eigenvalue weighted by atomic mass is 16.1. The molecule has 0 atom stereocenters. The number of rotatable bonds is 8. The topological polar surface area (TPSA) is 50.2 Å². The molecule has 0 bridgehead atoms. The summed E-state index contributed by atoms with van der Waals surface area (Å²) >= 11 is 0. The van der Waals surface area contributed by atoms with Gasteiger partial charge in [-0.05, 0) is 48.7 Å². The number of carbonyl (C=O) groups is 1. The summed E-state index contributed by atoms with van der Waals surface area (Å²) in [7, 11) is 0. The molecule has 0 aliphatic carbocycles. The predicted octanol–water partition coefficient (Wildman–Crippen LogP) is 4.25. The average molecular weight is 415 g/mol. The second-order valence-electron chi connectivity index (χ2n) is 8.11. The van der Waals surface area contributed by atoms with Gasteiger partial charge in [0.2, 0.25) is 5.91 Å². The number of carbonyl (C=O) groups excluding carboxylic acids is 1. The van der Waals surface area contributed by atoms with Crippen LogP contribution >= 0.6 is 0 Å². The Morgan fingerprint density at radius 3 is 2.48 bits per heavy atom. The molecule has 5 heteroatoms. The van der Waals surface area contributed by atoms with Gasteiger partial charge in [-0.2, -0.15) is 5.10 Å². The van der Waals surface area contributed by atoms with Crippen molar-refractivity contribution in [3.05, 3.63) is 95.3 Å². The molecule has 2 aromatic carbocycles. The van der Waals surface area contributed by atoms with Crippen molar-refractivity contribution in [1.29, 1.82) is 0 Å². The summed E-state index contributed by atoms with van der Waals surface area (Å²) in [5.41, 5.74) is 4.60. The molecule has 1 fully saturated rings. The molecule has 1 N–H and O–H groups in total. The zero-order chi connectivity index (χ0) is 21.3. The van der Waals surface area contributed by atoms with E-state index < -0.39 is 0 Å². The van der Waals surface area contributed by atoms with Gasteiger partial charge in [0.15, 0.2) is 0 Å². The number of piperidine rings is 1. The molecule has 1 amide bonds. The quantitative estimate of drug-likeness (QED) is 0.561. The highest BCUT2D eigenvalue weighted by Crippen LogP contribution is 2.16. The van der Waals surface area contributed by atoms with Gasteiger partial charge in [0, 0.05) is 30.9 Å². The first kappa shape index (κ1) is 21.1. The summed E-state index contributed by atoms with van der Waals surface area (Å²) < 4.78 is 1.88. The van der Waals surface area contributed by atoms with Crippen LogP contribution in [0.15, 0.2) is 73.1 Å². The zero-order valence-electron chi connectivity index (χ0n) is 17.9. The standard InChI is InChI=1S/C26H30N4O/c31-26(14-13-23-17-28-30(20-23)19-22-9-3-1-4-10-22)27-18-24-11-5-6-12-25(24)21-29-15-7-2-8-16-29/h1,3-6,9-14,17,20H,2,7-8,15-16,18-19,21H2,(H,27,31)/b14-13+. The summed E-state index contributed by atoms with van der Waals surface area (Å²) in [6.07, 6.45) is 11.0. The Hall–Kier alpha value is -3.18. The van der Waals surface area contributed by atoms with Crippen LogP contribution in [0.4, 0.5) is 0 Å². The summed E-state index contributed by atoms with van der Waals surface area (Å²) in [6.45, 7) is 4.56. The Labute approximate surface area is 184 Å². The third-order valence-corrected chi connectivity index (χ3v) is 5.68. The molecular formula is C26H30N4O. The zero-order valence-corrected chi connectivity index (χ0v) is 17.9. The van der Waals surface area contributed by atoms with Crippen molar-refractivity contribution in [2.75, 3.05) is 13.1 Å². The first-order valence-electron chi connectivity index (χ1n) is 11.1. The van der Waals surface area contributed by atoms with Crippen molar-refractivity contribution in [2.45, 2.75) is 38.9 Å². The van der Waals surface area contributed by atoms with E-state index in [4.69, 9.17) is 0 Å². The van der Waals surface area contributed by atoms with E-state index in [9.17, 15) is 4.79 Å². The molecule has 0 saturated carbocycles. The molecule has 2 heterocycles. The van der Waals surface area contributed by atoms with Gasteiger partial charge in [-0.15, -0.1) is 0 Å². The van der Waals surface area contributed by atoms with Crippen molar-refractivity contribution in [2.24, 2.45) is 0 Å². The molecule has 1 saturated heterocycles. The Morgan fingerprint density at radius 1 is 0.935 bits per heavy atom. The molecule has 1 aliphatic rings. The lowest BCUT2D eigenvalue weighted by atomic mass is 10.0. The van der Waals surface area contributed by atoms with Crippen LogP contribution in [-0.4, -0.2) is 33.7 Å². The Balaban J connectivity index is 1.29. The number of aromatic nitrogens is 2. The van der Waals surface area contributed by atoms with Crippen molar-refractivity contribution >= 4 is 12.0 Å². The second-order valence-corrected chi connectivity index (χ2v) is 8.11. The number of nitrogens with one attached hydrogen (secondary N) is 1. The first-order chi connectivity index (χ1) is 15.3. The molecule has 1 aromatic heterocycles. The number of likely N-dealkylation sites (tertiary alicyclic amines) is 1. The summed E-state index contributed by atoms with van der Waals surface area (Å²) in [6, 6.07) is 18.6. The fraction of sp³-hybridized carbons (Fsp3) is 0.308. The maximum absolute atomic E-state index is 12.4. The highest BCUT2D eigenvalue weighted by molar-refractivity contribution is 5.91. The van der Waals surface area contributed by atoms with Gasteiger partial charge in [0.1, 0.15) is 0 Å². The maximum atomic E-state index is 12.4. The van der Waals surface area contributed by atoms with Crippen molar-refractivity contribution in [1.82, 2.24) is 20.0 Å². The fourth-order valence-corrected chi connectivity index (χ4v) is 3.98. The Morgan fingerprint density at radius 2 is 1.68 bits per heavy atom. The largest absolute Gasteiger partial charge is 0.348 e. The number of benzene rings is 2. The van der Waals surface area contributed by atoms with Crippen LogP contribution in [0.25, 0.3) is 6.08 Å². The van der Waals surface area contributed by atoms with Crippen molar-refractivity contribution in [3.8, 4) is 0 Å². The fourth-order valence-electron chi connectivity index (χ4n) is 3.98. The van der Waals surface area contributed by atoms with Gasteiger partial charge >= 0.3 is 0 Å². The third kappa shape index (κ3) is 6.40. The summed E-state index contributed by atoms with van der Waals surface area (Å²) in [5, 5.41) is 7.40. The highest BCUT2D eigenvalue weighted by Gasteiger charge is 2.12. The SMILES string of the molecule is O=C(/C=C/c1cnn(Cc2ccccc2)c1)NCc1ccccc1CN1CCCCC1. The van der Waals surface area contributed by atoms with Crippen LogP contribution in [0.1, 0.15) is 41.5 Å². The van der Waals surface area contributed by atoms with E-state index in [0.29, 0.717) is 13.1 Å². The van der Waals surface area contributed by atoms with Gasteiger partial charge < -0.3 is 5.32 Å². The molecule has 31 heavy (non-hydrogen) atoms. The Bertz CT molecular complexity index is 1000. The third-order valence-electron chi connectivity index (χ3n) is 5.68. The number of nitrogens with zero attached hydrogens (tertiary/aromatic N) is 3. The summed E-state index contributed by atoms with van der Waals surface area (Å²) in [4.78, 5) is 14.9. The minimum Gasteiger partial charge on any atom is -0.348 e. The number of amides is 1. The summed E-state index contributed by atoms with van der Waals surface area (Å²) in [5.74, 6) is -0.0939. The molecule has 0 spiro atoms. The Kier molecular flexibility index (Phi) is 7.29. The van der Waals surface area contributed by atoms with Crippen LogP contribution in [0, 0.1) is 0 Å². The lowest BCUT2D eigenvalue weighted by Crippen LogP contribution is -2.30. The smallest absolute Gasteiger partial charge is 0.244 e. The van der Waals surface area contributed by atoms with E-state index in [1.807, 2.05) is 41.2 Å². The van der Waals surface area contributed by atoms with Crippen LogP contribution in [0.3, 0.4) is 0 Å².